The molecule has 0 bridgehead atoms. The topological polar surface area (TPSA) is 18.5 Å². The lowest BCUT2D eigenvalue weighted by atomic mass is 10.3. The van der Waals surface area contributed by atoms with Crippen molar-refractivity contribution in [1.29, 1.82) is 0 Å². The van der Waals surface area contributed by atoms with Gasteiger partial charge < -0.3 is 8.23 Å². The standard InChI is InChI=1S/C16H36O2Si2/c1-13(2)9-19(10-14(3)4)17-20(18-19,11-15(5)6)12-16(7)8/h13-16H,9-12H2,1-8H3. The highest BCUT2D eigenvalue weighted by atomic mass is 28.5. The molecule has 0 amide bonds. The van der Waals surface area contributed by atoms with Gasteiger partial charge in [-0.3, -0.25) is 0 Å². The van der Waals surface area contributed by atoms with Crippen LogP contribution in [0.4, 0.5) is 0 Å². The third-order valence-corrected chi connectivity index (χ3v) is 15.3. The molecule has 120 valence electrons. The molecule has 1 rings (SSSR count). The summed E-state index contributed by atoms with van der Waals surface area (Å²) in [7, 11) is -3.75. The largest absolute Gasteiger partial charge is 0.415 e. The summed E-state index contributed by atoms with van der Waals surface area (Å²) in [6, 6.07) is 4.71. The summed E-state index contributed by atoms with van der Waals surface area (Å²) in [4.78, 5) is 0. The zero-order chi connectivity index (χ0) is 15.6. The first-order valence-corrected chi connectivity index (χ1v) is 12.9. The van der Waals surface area contributed by atoms with Crippen molar-refractivity contribution in [3.63, 3.8) is 0 Å². The van der Waals surface area contributed by atoms with Crippen LogP contribution in [0.5, 0.6) is 0 Å². The van der Waals surface area contributed by atoms with E-state index in [1.807, 2.05) is 0 Å². The maximum absolute atomic E-state index is 6.81. The zero-order valence-electron chi connectivity index (χ0n) is 15.0. The molecule has 0 spiro atoms. The Morgan fingerprint density at radius 3 is 0.850 bits per heavy atom. The highest BCUT2D eigenvalue weighted by Crippen LogP contribution is 2.46. The second-order valence-electron chi connectivity index (χ2n) is 8.42. The molecule has 0 aliphatic carbocycles. The van der Waals surface area contributed by atoms with Crippen molar-refractivity contribution in [2.75, 3.05) is 0 Å². The van der Waals surface area contributed by atoms with E-state index in [9.17, 15) is 0 Å². The number of rotatable bonds is 8. The van der Waals surface area contributed by atoms with Crippen molar-refractivity contribution in [1.82, 2.24) is 0 Å². The normalized spacial score (nSPS) is 21.0. The molecule has 0 radical (unpaired) electrons. The molecule has 1 aliphatic heterocycles. The fourth-order valence-electron chi connectivity index (χ4n) is 3.67. The van der Waals surface area contributed by atoms with Gasteiger partial charge in [0, 0.05) is 0 Å². The van der Waals surface area contributed by atoms with Gasteiger partial charge in [0.15, 0.2) is 0 Å². The minimum Gasteiger partial charge on any atom is -0.415 e. The van der Waals surface area contributed by atoms with Crippen LogP contribution in [-0.2, 0) is 8.23 Å². The lowest BCUT2D eigenvalue weighted by molar-refractivity contribution is 0.188. The zero-order valence-corrected chi connectivity index (χ0v) is 17.0. The molecule has 0 N–H and O–H groups in total. The van der Waals surface area contributed by atoms with Crippen LogP contribution in [0.15, 0.2) is 0 Å². The third-order valence-electron chi connectivity index (χ3n) is 3.62. The van der Waals surface area contributed by atoms with Gasteiger partial charge >= 0.3 is 17.1 Å². The van der Waals surface area contributed by atoms with Crippen LogP contribution in [0.1, 0.15) is 55.4 Å². The molecule has 0 saturated carbocycles. The molecule has 0 unspecified atom stereocenters. The van der Waals surface area contributed by atoms with E-state index in [0.717, 1.165) is 0 Å². The van der Waals surface area contributed by atoms with Gasteiger partial charge in [0.1, 0.15) is 0 Å². The average Bonchev–Trinajstić information content (AvgIpc) is 2.08. The molecule has 0 aromatic rings. The van der Waals surface area contributed by atoms with E-state index < -0.39 is 17.1 Å². The van der Waals surface area contributed by atoms with Crippen molar-refractivity contribution < 1.29 is 8.23 Å². The molecular formula is C16H36O2Si2. The monoisotopic (exact) mass is 316 g/mol. The van der Waals surface area contributed by atoms with Gasteiger partial charge in [0.25, 0.3) is 0 Å². The Kier molecular flexibility index (Phi) is 6.51. The lowest BCUT2D eigenvalue weighted by Crippen LogP contribution is -2.71. The summed E-state index contributed by atoms with van der Waals surface area (Å²) < 4.78 is 13.6. The first-order chi connectivity index (χ1) is 9.08. The Morgan fingerprint density at radius 2 is 0.700 bits per heavy atom. The number of hydrogen-bond donors (Lipinski definition) is 0. The van der Waals surface area contributed by atoms with Crippen molar-refractivity contribution in [2.24, 2.45) is 23.7 Å². The summed E-state index contributed by atoms with van der Waals surface area (Å²) >= 11 is 0. The van der Waals surface area contributed by atoms with E-state index in [-0.39, 0.29) is 0 Å². The van der Waals surface area contributed by atoms with Crippen molar-refractivity contribution in [2.45, 2.75) is 79.6 Å². The van der Waals surface area contributed by atoms with Crippen LogP contribution in [-0.4, -0.2) is 17.1 Å². The fourth-order valence-corrected chi connectivity index (χ4v) is 17.1. The van der Waals surface area contributed by atoms with Crippen LogP contribution < -0.4 is 0 Å². The van der Waals surface area contributed by atoms with Crippen LogP contribution in [0, 0.1) is 23.7 Å². The SMILES string of the molecule is CC(C)C[Si]1(CC(C)C)O[Si](CC(C)C)(CC(C)C)O1. The van der Waals surface area contributed by atoms with Gasteiger partial charge in [0.05, 0.1) is 0 Å². The summed E-state index contributed by atoms with van der Waals surface area (Å²) in [5, 5.41) is 0. The Bertz CT molecular complexity index is 243. The smallest absolute Gasteiger partial charge is 0.321 e. The van der Waals surface area contributed by atoms with Gasteiger partial charge in [-0.05, 0) is 47.8 Å². The van der Waals surface area contributed by atoms with Crippen LogP contribution in [0.25, 0.3) is 0 Å². The van der Waals surface area contributed by atoms with Gasteiger partial charge in [-0.2, -0.15) is 0 Å². The van der Waals surface area contributed by atoms with Gasteiger partial charge in [-0.25, -0.2) is 0 Å². The Hall–Kier alpha value is 0.354. The quantitative estimate of drug-likeness (QED) is 0.547. The van der Waals surface area contributed by atoms with E-state index in [4.69, 9.17) is 8.23 Å². The first kappa shape index (κ1) is 18.4. The molecule has 1 aliphatic rings. The Balaban J connectivity index is 2.78. The molecule has 1 fully saturated rings. The van der Waals surface area contributed by atoms with Crippen LogP contribution in [0.2, 0.25) is 24.2 Å². The minimum atomic E-state index is -1.88. The van der Waals surface area contributed by atoms with E-state index in [1.165, 1.54) is 24.2 Å². The predicted octanol–water partition coefficient (Wildman–Crippen LogP) is 5.54. The molecule has 0 aromatic heterocycles. The number of hydrogen-bond acceptors (Lipinski definition) is 2. The van der Waals surface area contributed by atoms with E-state index >= 15 is 0 Å². The maximum atomic E-state index is 6.81. The summed E-state index contributed by atoms with van der Waals surface area (Å²) in [5.41, 5.74) is 0. The van der Waals surface area contributed by atoms with Crippen LogP contribution >= 0.6 is 0 Å². The Morgan fingerprint density at radius 1 is 0.500 bits per heavy atom. The van der Waals surface area contributed by atoms with E-state index in [0.29, 0.717) is 23.7 Å². The average molecular weight is 317 g/mol. The van der Waals surface area contributed by atoms with Crippen molar-refractivity contribution in [3.05, 3.63) is 0 Å². The summed E-state index contributed by atoms with van der Waals surface area (Å²) in [6.45, 7) is 18.4. The molecule has 20 heavy (non-hydrogen) atoms. The maximum Gasteiger partial charge on any atom is 0.321 e. The molecule has 1 saturated heterocycles. The van der Waals surface area contributed by atoms with Gasteiger partial charge in [0.2, 0.25) is 0 Å². The highest BCUT2D eigenvalue weighted by Gasteiger charge is 2.61. The first-order valence-electron chi connectivity index (χ1n) is 8.48. The second kappa shape index (κ2) is 7.08. The van der Waals surface area contributed by atoms with Crippen molar-refractivity contribution >= 4 is 17.1 Å². The molecular weight excluding hydrogens is 280 g/mol. The molecule has 1 heterocycles. The fraction of sp³-hybridized carbons (Fsp3) is 1.00. The molecule has 4 heteroatoms. The molecule has 0 aromatic carbocycles. The van der Waals surface area contributed by atoms with E-state index in [1.54, 1.807) is 0 Å². The molecule has 2 nitrogen and oxygen atoms in total. The van der Waals surface area contributed by atoms with Gasteiger partial charge in [-0.1, -0.05) is 55.4 Å². The predicted molar refractivity (Wildman–Crippen MR) is 92.3 cm³/mol. The molecule has 0 atom stereocenters. The van der Waals surface area contributed by atoms with E-state index in [2.05, 4.69) is 55.4 Å². The van der Waals surface area contributed by atoms with Gasteiger partial charge in [-0.15, -0.1) is 0 Å². The van der Waals surface area contributed by atoms with Crippen LogP contribution in [0.3, 0.4) is 0 Å². The second-order valence-corrected chi connectivity index (χ2v) is 15.3. The summed E-state index contributed by atoms with van der Waals surface area (Å²) in [6.07, 6.45) is 0. The summed E-state index contributed by atoms with van der Waals surface area (Å²) in [5.74, 6) is 2.74. The highest BCUT2D eigenvalue weighted by molar-refractivity contribution is 6.94. The third kappa shape index (κ3) is 5.28. The minimum absolute atomic E-state index is 0.686. The van der Waals surface area contributed by atoms with Crippen molar-refractivity contribution in [3.8, 4) is 0 Å². The Labute approximate surface area is 129 Å². The lowest BCUT2D eigenvalue weighted by Gasteiger charge is -2.56.